The summed E-state index contributed by atoms with van der Waals surface area (Å²) in [5, 5.41) is 1.00. The fraction of sp³-hybridized carbons (Fsp3) is 0.778. The molecule has 0 spiro atoms. The molecule has 0 aromatic carbocycles. The Morgan fingerprint density at radius 2 is 2.21 bits per heavy atom. The van der Waals surface area contributed by atoms with E-state index in [9.17, 15) is 4.79 Å². The van der Waals surface area contributed by atoms with Crippen molar-refractivity contribution in [2.24, 2.45) is 4.99 Å². The maximum absolute atomic E-state index is 11.0. The Hall–Kier alpha value is -0.390. The van der Waals surface area contributed by atoms with Crippen LogP contribution < -0.4 is 0 Å². The third-order valence-corrected chi connectivity index (χ3v) is 3.76. The van der Waals surface area contributed by atoms with E-state index in [0.29, 0.717) is 11.8 Å². The topological polar surface area (TPSA) is 35.9 Å². The molecule has 0 radical (unpaired) electrons. The molecule has 0 N–H and O–H groups in total. The Balaban J connectivity index is 2.08. The van der Waals surface area contributed by atoms with E-state index in [0.717, 1.165) is 24.7 Å². The van der Waals surface area contributed by atoms with E-state index in [1.165, 1.54) is 0 Å². The number of rotatable bonds is 1. The second kappa shape index (κ2) is 4.00. The van der Waals surface area contributed by atoms with Crippen LogP contribution >= 0.6 is 11.8 Å². The van der Waals surface area contributed by atoms with E-state index in [1.54, 1.807) is 11.8 Å². The Kier molecular flexibility index (Phi) is 2.90. The molecule has 0 aromatic rings. The molecule has 0 saturated carbocycles. The van der Waals surface area contributed by atoms with Crippen molar-refractivity contribution in [1.82, 2.24) is 9.80 Å². The van der Waals surface area contributed by atoms with Crippen LogP contribution in [0.5, 0.6) is 0 Å². The highest BCUT2D eigenvalue weighted by Crippen LogP contribution is 2.20. The molecule has 4 nitrogen and oxygen atoms in total. The summed E-state index contributed by atoms with van der Waals surface area (Å²) in [5.74, 6) is 0.551. The lowest BCUT2D eigenvalue weighted by Gasteiger charge is -2.37. The van der Waals surface area contributed by atoms with Crippen molar-refractivity contribution in [2.75, 3.05) is 39.5 Å². The summed E-state index contributed by atoms with van der Waals surface area (Å²) in [4.78, 5) is 19.7. The molecule has 1 amide bonds. The number of hydrogen-bond acceptors (Lipinski definition) is 4. The first-order valence-corrected chi connectivity index (χ1v) is 5.78. The van der Waals surface area contributed by atoms with Gasteiger partial charge in [-0.15, -0.1) is 0 Å². The molecule has 1 unspecified atom stereocenters. The highest BCUT2D eigenvalue weighted by molar-refractivity contribution is 8.15. The van der Waals surface area contributed by atoms with E-state index in [4.69, 9.17) is 0 Å². The van der Waals surface area contributed by atoms with Gasteiger partial charge in [0.15, 0.2) is 0 Å². The summed E-state index contributed by atoms with van der Waals surface area (Å²) in [5.41, 5.74) is 0. The molecule has 0 aliphatic carbocycles. The Bertz CT molecular complexity index is 279. The standard InChI is InChI=1S/C9H15N3OS/c1-11-3-4-12(2)7(5-11)9-10-8(13)6-14-9/h7H,3-6H2,1-2H3. The zero-order valence-electron chi connectivity index (χ0n) is 8.56. The van der Waals surface area contributed by atoms with Gasteiger partial charge in [-0.3, -0.25) is 9.69 Å². The highest BCUT2D eigenvalue weighted by atomic mass is 32.2. The van der Waals surface area contributed by atoms with Gasteiger partial charge in [0.2, 0.25) is 0 Å². The van der Waals surface area contributed by atoms with Crippen molar-refractivity contribution in [1.29, 1.82) is 0 Å². The molecule has 0 bridgehead atoms. The van der Waals surface area contributed by atoms with E-state index in [1.807, 2.05) is 0 Å². The number of carbonyl (C=O) groups excluding carboxylic acids is 1. The third kappa shape index (κ3) is 1.99. The van der Waals surface area contributed by atoms with Crippen molar-refractivity contribution in [3.05, 3.63) is 0 Å². The lowest BCUT2D eigenvalue weighted by molar-refractivity contribution is -0.115. The van der Waals surface area contributed by atoms with Gasteiger partial charge in [-0.05, 0) is 14.1 Å². The van der Waals surface area contributed by atoms with Gasteiger partial charge in [0.25, 0.3) is 5.91 Å². The summed E-state index contributed by atoms with van der Waals surface area (Å²) >= 11 is 1.59. The van der Waals surface area contributed by atoms with Gasteiger partial charge in [-0.2, -0.15) is 0 Å². The molecular formula is C9H15N3OS. The van der Waals surface area contributed by atoms with Gasteiger partial charge in [0, 0.05) is 19.6 Å². The third-order valence-electron chi connectivity index (χ3n) is 2.71. The Labute approximate surface area is 88.3 Å². The summed E-state index contributed by atoms with van der Waals surface area (Å²) in [7, 11) is 4.21. The number of thioether (sulfide) groups is 1. The molecule has 78 valence electrons. The minimum Gasteiger partial charge on any atom is -0.303 e. The smallest absolute Gasteiger partial charge is 0.256 e. The van der Waals surface area contributed by atoms with Crippen molar-refractivity contribution >= 4 is 22.7 Å². The molecule has 2 aliphatic rings. The number of likely N-dealkylation sites (N-methyl/N-ethyl adjacent to an activating group) is 2. The van der Waals surface area contributed by atoms with Gasteiger partial charge < -0.3 is 4.90 Å². The summed E-state index contributed by atoms with van der Waals surface area (Å²) < 4.78 is 0. The summed E-state index contributed by atoms with van der Waals surface area (Å²) in [6.07, 6.45) is 0. The van der Waals surface area contributed by atoms with Crippen LogP contribution in [0.3, 0.4) is 0 Å². The van der Waals surface area contributed by atoms with Crippen LogP contribution in [0.25, 0.3) is 0 Å². The second-order valence-electron chi connectivity index (χ2n) is 3.89. The first-order chi connectivity index (χ1) is 6.66. The maximum atomic E-state index is 11.0. The molecule has 2 aliphatic heterocycles. The summed E-state index contributed by atoms with van der Waals surface area (Å²) in [6.45, 7) is 3.13. The van der Waals surface area contributed by atoms with Crippen molar-refractivity contribution in [3.63, 3.8) is 0 Å². The van der Waals surface area contributed by atoms with Crippen LogP contribution in [0.1, 0.15) is 0 Å². The number of piperazine rings is 1. The normalized spacial score (nSPS) is 30.9. The zero-order chi connectivity index (χ0) is 10.1. The SMILES string of the molecule is CN1CCN(C)C(C2=NC(=O)CS2)C1. The monoisotopic (exact) mass is 213 g/mol. The Morgan fingerprint density at radius 1 is 1.43 bits per heavy atom. The number of carbonyl (C=O) groups is 1. The number of amides is 1. The van der Waals surface area contributed by atoms with Gasteiger partial charge in [0.1, 0.15) is 0 Å². The van der Waals surface area contributed by atoms with E-state index < -0.39 is 0 Å². The highest BCUT2D eigenvalue weighted by Gasteiger charge is 2.30. The van der Waals surface area contributed by atoms with Gasteiger partial charge in [-0.25, -0.2) is 4.99 Å². The van der Waals surface area contributed by atoms with E-state index in [-0.39, 0.29) is 5.91 Å². The van der Waals surface area contributed by atoms with Crippen LogP contribution in [-0.2, 0) is 4.79 Å². The van der Waals surface area contributed by atoms with Gasteiger partial charge >= 0.3 is 0 Å². The van der Waals surface area contributed by atoms with Crippen LogP contribution in [0, 0.1) is 0 Å². The minimum atomic E-state index is 0.0200. The van der Waals surface area contributed by atoms with Crippen LogP contribution in [0.2, 0.25) is 0 Å². The predicted molar refractivity (Wildman–Crippen MR) is 58.8 cm³/mol. The molecule has 2 heterocycles. The number of aliphatic imine (C=N–C) groups is 1. The van der Waals surface area contributed by atoms with Gasteiger partial charge in [0.05, 0.1) is 16.8 Å². The molecule has 5 heteroatoms. The molecule has 1 saturated heterocycles. The molecule has 2 rings (SSSR count). The number of hydrogen-bond donors (Lipinski definition) is 0. The van der Waals surface area contributed by atoms with Crippen LogP contribution in [0.15, 0.2) is 4.99 Å². The van der Waals surface area contributed by atoms with Crippen molar-refractivity contribution in [3.8, 4) is 0 Å². The first kappa shape index (κ1) is 10.1. The van der Waals surface area contributed by atoms with Crippen LogP contribution in [-0.4, -0.2) is 66.3 Å². The molecule has 1 atom stereocenters. The molecule has 1 fully saturated rings. The quantitative estimate of drug-likeness (QED) is 0.609. The molecule has 14 heavy (non-hydrogen) atoms. The lowest BCUT2D eigenvalue weighted by Crippen LogP contribution is -2.52. The fourth-order valence-electron chi connectivity index (χ4n) is 1.77. The Morgan fingerprint density at radius 3 is 2.86 bits per heavy atom. The zero-order valence-corrected chi connectivity index (χ0v) is 9.38. The molecular weight excluding hydrogens is 198 g/mol. The summed E-state index contributed by atoms with van der Waals surface area (Å²) in [6, 6.07) is 0.324. The lowest BCUT2D eigenvalue weighted by atomic mass is 10.2. The second-order valence-corrected chi connectivity index (χ2v) is 4.89. The van der Waals surface area contributed by atoms with Crippen LogP contribution in [0.4, 0.5) is 0 Å². The first-order valence-electron chi connectivity index (χ1n) is 4.80. The predicted octanol–water partition coefficient (Wildman–Crippen LogP) is -0.0959. The maximum Gasteiger partial charge on any atom is 0.256 e. The largest absolute Gasteiger partial charge is 0.303 e. The average molecular weight is 213 g/mol. The fourth-order valence-corrected chi connectivity index (χ4v) is 2.72. The minimum absolute atomic E-state index is 0.0200. The average Bonchev–Trinajstić information content (AvgIpc) is 2.56. The van der Waals surface area contributed by atoms with Crippen molar-refractivity contribution < 1.29 is 4.79 Å². The van der Waals surface area contributed by atoms with Gasteiger partial charge in [-0.1, -0.05) is 11.8 Å². The number of nitrogens with zero attached hydrogens (tertiary/aromatic N) is 3. The van der Waals surface area contributed by atoms with Crippen molar-refractivity contribution in [2.45, 2.75) is 6.04 Å². The van der Waals surface area contributed by atoms with E-state index in [2.05, 4.69) is 28.9 Å². The van der Waals surface area contributed by atoms with E-state index >= 15 is 0 Å². The molecule has 0 aromatic heterocycles.